The third-order valence-electron chi connectivity index (χ3n) is 3.78. The van der Waals surface area contributed by atoms with Crippen molar-refractivity contribution in [3.8, 4) is 0 Å². The summed E-state index contributed by atoms with van der Waals surface area (Å²) in [4.78, 5) is 14.8. The van der Waals surface area contributed by atoms with Crippen LogP contribution in [0.4, 0.5) is 22.0 Å². The minimum Gasteiger partial charge on any atom is -0.332 e. The van der Waals surface area contributed by atoms with Crippen LogP contribution >= 0.6 is 11.8 Å². The van der Waals surface area contributed by atoms with Crippen LogP contribution in [0, 0.1) is 11.6 Å². The Kier molecular flexibility index (Phi) is 5.46. The Labute approximate surface area is 134 Å². The first kappa shape index (κ1) is 17.9. The van der Waals surface area contributed by atoms with Gasteiger partial charge >= 0.3 is 6.18 Å². The molecule has 2 rings (SSSR count). The van der Waals surface area contributed by atoms with Gasteiger partial charge in [0, 0.05) is 12.5 Å². The van der Waals surface area contributed by atoms with Crippen LogP contribution < -0.4 is 4.84 Å². The number of likely N-dealkylation sites (tertiary alicyclic amines) is 1. The summed E-state index contributed by atoms with van der Waals surface area (Å²) in [5.74, 6) is -3.73. The summed E-state index contributed by atoms with van der Waals surface area (Å²) in [5.41, 5.74) is -0.0415. The number of carbonyl (C=O) groups is 1. The van der Waals surface area contributed by atoms with Gasteiger partial charge in [-0.25, -0.2) is 13.6 Å². The molecule has 0 aromatic heterocycles. The van der Waals surface area contributed by atoms with E-state index in [2.05, 4.69) is 4.84 Å². The first-order valence-corrected chi connectivity index (χ1v) is 7.26. The van der Waals surface area contributed by atoms with Crippen molar-refractivity contribution in [2.45, 2.75) is 31.0 Å². The molecule has 0 aliphatic carbocycles. The number of benzene rings is 1. The quantitative estimate of drug-likeness (QED) is 0.665. The largest absolute Gasteiger partial charge is 0.406 e. The number of alkyl halides is 3. The van der Waals surface area contributed by atoms with E-state index in [1.165, 1.54) is 12.1 Å². The Hall–Kier alpha value is -1.41. The van der Waals surface area contributed by atoms with Crippen molar-refractivity contribution in [3.63, 3.8) is 0 Å². The highest BCUT2D eigenvalue weighted by Crippen LogP contribution is 2.31. The Morgan fingerprint density at radius 1 is 1.26 bits per heavy atom. The number of nitrogens with one attached hydrogen (secondary N) is 1. The number of rotatable bonds is 3. The molecule has 0 radical (unpaired) electrons. The number of nitrogens with zero attached hydrogens (tertiary/aromatic N) is 1. The Morgan fingerprint density at radius 2 is 1.96 bits per heavy atom. The van der Waals surface area contributed by atoms with Crippen LogP contribution in [0.5, 0.6) is 0 Å². The lowest BCUT2D eigenvalue weighted by Crippen LogP contribution is -2.46. The van der Waals surface area contributed by atoms with E-state index in [4.69, 9.17) is 11.8 Å². The van der Waals surface area contributed by atoms with Crippen molar-refractivity contribution in [2.24, 2.45) is 0 Å². The van der Waals surface area contributed by atoms with Gasteiger partial charge in [0.25, 0.3) is 0 Å². The summed E-state index contributed by atoms with van der Waals surface area (Å²) < 4.78 is 65.3. The molecule has 1 aromatic carbocycles. The molecule has 1 aromatic rings. The second-order valence-corrected chi connectivity index (χ2v) is 5.63. The predicted octanol–water partition coefficient (Wildman–Crippen LogP) is 3.35. The van der Waals surface area contributed by atoms with E-state index in [1.54, 1.807) is 0 Å². The molecular weight excluding hydrogens is 343 g/mol. The van der Waals surface area contributed by atoms with E-state index < -0.39 is 42.2 Å². The number of hydrogen-bond acceptors (Lipinski definition) is 2. The van der Waals surface area contributed by atoms with Crippen LogP contribution in [0.1, 0.15) is 24.3 Å². The van der Waals surface area contributed by atoms with Crippen LogP contribution in [-0.2, 0) is 4.79 Å². The van der Waals surface area contributed by atoms with Crippen molar-refractivity contribution < 1.29 is 26.7 Å². The Balaban J connectivity index is 2.31. The summed E-state index contributed by atoms with van der Waals surface area (Å²) in [7, 11) is 0. The minimum absolute atomic E-state index is 0.0415. The minimum atomic E-state index is -4.60. The Bertz CT molecular complexity index is 581. The molecule has 1 fully saturated rings. The van der Waals surface area contributed by atoms with E-state index in [0.717, 1.165) is 6.07 Å². The van der Waals surface area contributed by atoms with E-state index in [-0.39, 0.29) is 24.9 Å². The van der Waals surface area contributed by atoms with Crippen LogP contribution in [0.15, 0.2) is 18.2 Å². The van der Waals surface area contributed by atoms with Gasteiger partial charge < -0.3 is 4.90 Å². The molecule has 0 bridgehead atoms. The zero-order valence-corrected chi connectivity index (χ0v) is 12.6. The number of halogens is 6. The highest BCUT2D eigenvalue weighted by atomic mass is 35.5. The van der Waals surface area contributed by atoms with Gasteiger partial charge in [0.05, 0.1) is 0 Å². The fourth-order valence-corrected chi connectivity index (χ4v) is 2.91. The molecule has 3 nitrogen and oxygen atoms in total. The standard InChI is InChI=1S/C14H14ClF5N2O/c15-21-11-5-4-8(9-2-1-3-10(16)12(9)17)6-22(13(11)23)7-14(18,19)20/h1-3,8,11,21H,4-7H2/t8-,11-/m1/s1. The molecule has 1 aliphatic rings. The van der Waals surface area contributed by atoms with Crippen LogP contribution in [-0.4, -0.2) is 36.1 Å². The highest BCUT2D eigenvalue weighted by Gasteiger charge is 2.39. The maximum atomic E-state index is 13.9. The molecule has 0 unspecified atom stereocenters. The average molecular weight is 357 g/mol. The van der Waals surface area contributed by atoms with Gasteiger partial charge in [-0.1, -0.05) is 12.1 Å². The molecule has 9 heteroatoms. The monoisotopic (exact) mass is 356 g/mol. The average Bonchev–Trinajstić information content (AvgIpc) is 2.60. The molecule has 1 amide bonds. The fourth-order valence-electron chi connectivity index (χ4n) is 2.71. The topological polar surface area (TPSA) is 32.3 Å². The van der Waals surface area contributed by atoms with Gasteiger partial charge in [-0.3, -0.25) is 4.79 Å². The SMILES string of the molecule is O=C1[C@H](NCl)CC[C@@H](c2cccc(F)c2F)CN1CC(F)(F)F. The smallest absolute Gasteiger partial charge is 0.332 e. The van der Waals surface area contributed by atoms with Crippen LogP contribution in [0.2, 0.25) is 0 Å². The van der Waals surface area contributed by atoms with Gasteiger partial charge in [0.1, 0.15) is 12.6 Å². The summed E-state index contributed by atoms with van der Waals surface area (Å²) in [6.45, 7) is -1.82. The predicted molar refractivity (Wildman–Crippen MR) is 73.7 cm³/mol. The normalized spacial score (nSPS) is 23.0. The van der Waals surface area contributed by atoms with E-state index in [1.807, 2.05) is 0 Å². The molecule has 1 N–H and O–H groups in total. The molecule has 128 valence electrons. The molecular formula is C14H14ClF5N2O. The van der Waals surface area contributed by atoms with Crippen molar-refractivity contribution >= 4 is 17.7 Å². The second-order valence-electron chi connectivity index (χ2n) is 5.41. The summed E-state index contributed by atoms with van der Waals surface area (Å²) >= 11 is 5.42. The van der Waals surface area contributed by atoms with Crippen molar-refractivity contribution in [3.05, 3.63) is 35.4 Å². The number of carbonyl (C=O) groups excluding carboxylic acids is 1. The zero-order valence-electron chi connectivity index (χ0n) is 11.8. The van der Waals surface area contributed by atoms with E-state index in [9.17, 15) is 26.7 Å². The molecule has 23 heavy (non-hydrogen) atoms. The van der Waals surface area contributed by atoms with Gasteiger partial charge in [-0.05, 0) is 36.2 Å². The van der Waals surface area contributed by atoms with E-state index in [0.29, 0.717) is 4.90 Å². The second kappa shape index (κ2) is 7.00. The van der Waals surface area contributed by atoms with Gasteiger partial charge in [0.15, 0.2) is 11.6 Å². The third-order valence-corrected chi connectivity index (χ3v) is 4.04. The molecule has 1 aliphatic heterocycles. The summed E-state index contributed by atoms with van der Waals surface area (Å²) in [6.07, 6.45) is -4.27. The maximum absolute atomic E-state index is 13.9. The molecule has 1 heterocycles. The van der Waals surface area contributed by atoms with Crippen LogP contribution in [0.3, 0.4) is 0 Å². The summed E-state index contributed by atoms with van der Waals surface area (Å²) in [5, 5.41) is 0. The highest BCUT2D eigenvalue weighted by molar-refractivity contribution is 6.15. The van der Waals surface area contributed by atoms with Gasteiger partial charge in [-0.2, -0.15) is 13.2 Å². The van der Waals surface area contributed by atoms with Gasteiger partial charge in [-0.15, -0.1) is 0 Å². The lowest BCUT2D eigenvalue weighted by atomic mass is 9.93. The molecule has 0 saturated carbocycles. The first-order chi connectivity index (χ1) is 10.7. The molecule has 2 atom stereocenters. The molecule has 1 saturated heterocycles. The van der Waals surface area contributed by atoms with Crippen molar-refractivity contribution in [1.82, 2.24) is 9.74 Å². The van der Waals surface area contributed by atoms with Gasteiger partial charge in [0.2, 0.25) is 5.91 Å². The summed E-state index contributed by atoms with van der Waals surface area (Å²) in [6, 6.07) is 2.53. The van der Waals surface area contributed by atoms with Crippen molar-refractivity contribution in [1.29, 1.82) is 0 Å². The van der Waals surface area contributed by atoms with Crippen LogP contribution in [0.25, 0.3) is 0 Å². The zero-order chi connectivity index (χ0) is 17.2. The van der Waals surface area contributed by atoms with Crippen molar-refractivity contribution in [2.75, 3.05) is 13.1 Å². The van der Waals surface area contributed by atoms with E-state index >= 15 is 0 Å². The number of hydrogen-bond donors (Lipinski definition) is 1. The lowest BCUT2D eigenvalue weighted by Gasteiger charge is -2.27. The number of amides is 1. The fraction of sp³-hybridized carbons (Fsp3) is 0.500. The molecule has 0 spiro atoms. The maximum Gasteiger partial charge on any atom is 0.406 e. The Morgan fingerprint density at radius 3 is 2.57 bits per heavy atom. The third kappa shape index (κ3) is 4.32. The first-order valence-electron chi connectivity index (χ1n) is 6.88. The lowest BCUT2D eigenvalue weighted by molar-refractivity contribution is -0.161.